The van der Waals surface area contributed by atoms with E-state index in [2.05, 4.69) is 17.2 Å². The van der Waals surface area contributed by atoms with E-state index in [0.29, 0.717) is 5.56 Å². The number of nitrogens with one attached hydrogen (secondary N) is 1. The van der Waals surface area contributed by atoms with Crippen molar-refractivity contribution in [2.45, 2.75) is 19.5 Å². The van der Waals surface area contributed by atoms with Gasteiger partial charge in [-0.25, -0.2) is 0 Å². The summed E-state index contributed by atoms with van der Waals surface area (Å²) in [5.41, 5.74) is 7.99. The van der Waals surface area contributed by atoms with E-state index in [-0.39, 0.29) is 6.04 Å². The first kappa shape index (κ1) is 13.2. The predicted molar refractivity (Wildman–Crippen MR) is 74.5 cm³/mol. The molecule has 0 saturated heterocycles. The highest BCUT2D eigenvalue weighted by molar-refractivity contribution is 5.92. The minimum atomic E-state index is -0.400. The van der Waals surface area contributed by atoms with E-state index in [9.17, 15) is 4.79 Å². The molecule has 0 fully saturated rings. The Morgan fingerprint density at radius 3 is 2.63 bits per heavy atom. The number of carbonyl (C=O) groups excluding carboxylic acids is 1. The summed E-state index contributed by atoms with van der Waals surface area (Å²) >= 11 is 0. The number of rotatable bonds is 5. The number of benzene rings is 1. The Labute approximate surface area is 112 Å². The van der Waals surface area contributed by atoms with Gasteiger partial charge >= 0.3 is 0 Å². The molecule has 2 aromatic rings. The van der Waals surface area contributed by atoms with Crippen molar-refractivity contribution in [1.82, 2.24) is 10.3 Å². The first-order valence-electron chi connectivity index (χ1n) is 6.19. The molecule has 98 valence electrons. The van der Waals surface area contributed by atoms with Crippen LogP contribution >= 0.6 is 0 Å². The third kappa shape index (κ3) is 3.63. The van der Waals surface area contributed by atoms with Crippen molar-refractivity contribution in [1.29, 1.82) is 0 Å². The van der Waals surface area contributed by atoms with Crippen molar-refractivity contribution in [3.05, 3.63) is 65.5 Å². The van der Waals surface area contributed by atoms with Crippen molar-refractivity contribution < 1.29 is 4.79 Å². The van der Waals surface area contributed by atoms with E-state index in [0.717, 1.165) is 17.7 Å². The van der Waals surface area contributed by atoms with Gasteiger partial charge in [-0.15, -0.1) is 0 Å². The second-order valence-corrected chi connectivity index (χ2v) is 4.45. The number of hydrogen-bond donors (Lipinski definition) is 2. The monoisotopic (exact) mass is 255 g/mol. The molecule has 0 bridgehead atoms. The molecular formula is C15H17N3O. The Balaban J connectivity index is 1.93. The molecule has 0 aliphatic rings. The van der Waals surface area contributed by atoms with Crippen molar-refractivity contribution in [2.75, 3.05) is 0 Å². The van der Waals surface area contributed by atoms with Crippen LogP contribution in [0, 0.1) is 0 Å². The molecule has 0 spiro atoms. The first-order valence-corrected chi connectivity index (χ1v) is 6.19. The predicted octanol–water partition coefficient (Wildman–Crippen LogP) is 2.03. The highest BCUT2D eigenvalue weighted by Crippen LogP contribution is 2.11. The van der Waals surface area contributed by atoms with Gasteiger partial charge in [-0.1, -0.05) is 18.2 Å². The van der Waals surface area contributed by atoms with Crippen molar-refractivity contribution in [3.63, 3.8) is 0 Å². The molecule has 0 unspecified atom stereocenters. The van der Waals surface area contributed by atoms with E-state index in [4.69, 9.17) is 5.73 Å². The summed E-state index contributed by atoms with van der Waals surface area (Å²) in [6.07, 6.45) is 3.62. The van der Waals surface area contributed by atoms with Gasteiger partial charge in [0.25, 0.3) is 0 Å². The van der Waals surface area contributed by atoms with E-state index in [1.165, 1.54) is 0 Å². The van der Waals surface area contributed by atoms with Gasteiger partial charge in [-0.05, 0) is 36.2 Å². The Hall–Kier alpha value is -2.20. The van der Waals surface area contributed by atoms with Gasteiger partial charge in [-0.2, -0.15) is 0 Å². The number of primary amides is 1. The normalized spacial score (nSPS) is 12.1. The number of nitrogens with zero attached hydrogens (tertiary/aromatic N) is 1. The molecule has 1 heterocycles. The minimum Gasteiger partial charge on any atom is -0.366 e. The average molecular weight is 255 g/mol. The zero-order chi connectivity index (χ0) is 13.7. The Bertz CT molecular complexity index is 537. The Morgan fingerprint density at radius 2 is 2.05 bits per heavy atom. The number of aromatic nitrogens is 1. The van der Waals surface area contributed by atoms with Crippen molar-refractivity contribution in [3.8, 4) is 0 Å². The number of carbonyl (C=O) groups is 1. The first-order chi connectivity index (χ1) is 9.16. The number of nitrogens with two attached hydrogens (primary N) is 1. The van der Waals surface area contributed by atoms with Gasteiger partial charge in [0.15, 0.2) is 0 Å². The maximum Gasteiger partial charge on any atom is 0.248 e. The molecule has 0 aliphatic heterocycles. The van der Waals surface area contributed by atoms with Gasteiger partial charge in [-0.3, -0.25) is 9.78 Å². The molecule has 19 heavy (non-hydrogen) atoms. The molecule has 4 nitrogen and oxygen atoms in total. The molecule has 1 atom stereocenters. The number of hydrogen-bond acceptors (Lipinski definition) is 3. The molecule has 0 aliphatic carbocycles. The van der Waals surface area contributed by atoms with Crippen molar-refractivity contribution >= 4 is 5.91 Å². The van der Waals surface area contributed by atoms with Crippen LogP contribution in [0.1, 0.15) is 34.5 Å². The van der Waals surface area contributed by atoms with Crippen LogP contribution in [0.15, 0.2) is 48.8 Å². The summed E-state index contributed by atoms with van der Waals surface area (Å²) in [7, 11) is 0. The Kier molecular flexibility index (Phi) is 4.26. The molecule has 2 rings (SSSR count). The molecule has 0 radical (unpaired) electrons. The highest BCUT2D eigenvalue weighted by Gasteiger charge is 2.05. The lowest BCUT2D eigenvalue weighted by Gasteiger charge is -2.13. The van der Waals surface area contributed by atoms with Crippen LogP contribution in [0.3, 0.4) is 0 Å². The molecule has 1 aromatic carbocycles. The van der Waals surface area contributed by atoms with Crippen LogP contribution < -0.4 is 11.1 Å². The summed E-state index contributed by atoms with van der Waals surface area (Å²) in [4.78, 5) is 15.1. The SMILES string of the molecule is C[C@@H](NCc1ccc(C(N)=O)cc1)c1cccnc1. The molecule has 1 amide bonds. The fraction of sp³-hybridized carbons (Fsp3) is 0.200. The maximum absolute atomic E-state index is 11.0. The molecule has 1 aromatic heterocycles. The van der Waals surface area contributed by atoms with Crippen LogP contribution in [-0.2, 0) is 6.54 Å². The molecule has 0 saturated carbocycles. The lowest BCUT2D eigenvalue weighted by Crippen LogP contribution is -2.18. The Morgan fingerprint density at radius 1 is 1.32 bits per heavy atom. The second-order valence-electron chi connectivity index (χ2n) is 4.45. The zero-order valence-corrected chi connectivity index (χ0v) is 10.8. The van der Waals surface area contributed by atoms with E-state index >= 15 is 0 Å². The van der Waals surface area contributed by atoms with Gasteiger partial charge < -0.3 is 11.1 Å². The second kappa shape index (κ2) is 6.11. The number of amides is 1. The van der Waals surface area contributed by atoms with E-state index in [1.54, 1.807) is 18.3 Å². The third-order valence-electron chi connectivity index (χ3n) is 3.04. The maximum atomic E-state index is 11.0. The molecular weight excluding hydrogens is 238 g/mol. The van der Waals surface area contributed by atoms with E-state index < -0.39 is 5.91 Å². The topological polar surface area (TPSA) is 68.0 Å². The van der Waals surface area contributed by atoms with Gasteiger partial charge in [0.2, 0.25) is 5.91 Å². The summed E-state index contributed by atoms with van der Waals surface area (Å²) in [5.74, 6) is -0.400. The van der Waals surface area contributed by atoms with Gasteiger partial charge in [0.05, 0.1) is 0 Å². The zero-order valence-electron chi connectivity index (χ0n) is 10.8. The average Bonchev–Trinajstić information content (AvgIpc) is 2.46. The molecule has 4 heteroatoms. The van der Waals surface area contributed by atoms with Crippen LogP contribution in [-0.4, -0.2) is 10.9 Å². The fourth-order valence-corrected chi connectivity index (χ4v) is 1.81. The smallest absolute Gasteiger partial charge is 0.248 e. The third-order valence-corrected chi connectivity index (χ3v) is 3.04. The summed E-state index contributed by atoms with van der Waals surface area (Å²) in [6, 6.07) is 11.5. The van der Waals surface area contributed by atoms with Crippen molar-refractivity contribution in [2.24, 2.45) is 5.73 Å². The van der Waals surface area contributed by atoms with Crippen LogP contribution in [0.2, 0.25) is 0 Å². The largest absolute Gasteiger partial charge is 0.366 e. The van der Waals surface area contributed by atoms with Crippen LogP contribution in [0.25, 0.3) is 0 Å². The van der Waals surface area contributed by atoms with Crippen LogP contribution in [0.4, 0.5) is 0 Å². The summed E-state index contributed by atoms with van der Waals surface area (Å²) in [6.45, 7) is 2.82. The lowest BCUT2D eigenvalue weighted by atomic mass is 10.1. The quantitative estimate of drug-likeness (QED) is 0.859. The highest BCUT2D eigenvalue weighted by atomic mass is 16.1. The van der Waals surface area contributed by atoms with E-state index in [1.807, 2.05) is 30.5 Å². The number of pyridine rings is 1. The minimum absolute atomic E-state index is 0.226. The molecule has 3 N–H and O–H groups in total. The van der Waals surface area contributed by atoms with Gasteiger partial charge in [0.1, 0.15) is 0 Å². The fourth-order valence-electron chi connectivity index (χ4n) is 1.81. The summed E-state index contributed by atoms with van der Waals surface area (Å²) < 4.78 is 0. The lowest BCUT2D eigenvalue weighted by molar-refractivity contribution is 0.100. The van der Waals surface area contributed by atoms with Gasteiger partial charge in [0, 0.05) is 30.5 Å². The van der Waals surface area contributed by atoms with Crippen LogP contribution in [0.5, 0.6) is 0 Å². The summed E-state index contributed by atoms with van der Waals surface area (Å²) in [5, 5.41) is 3.41. The standard InChI is InChI=1S/C15H17N3O/c1-11(14-3-2-8-17-10-14)18-9-12-4-6-13(7-5-12)15(16)19/h2-8,10-11,18H,9H2,1H3,(H2,16,19)/t11-/m1/s1.